The van der Waals surface area contributed by atoms with E-state index in [0.717, 1.165) is 18.4 Å². The van der Waals surface area contributed by atoms with Crippen LogP contribution in [0, 0.1) is 15.9 Å². The number of hydrogen-bond donors (Lipinski definition) is 0. The minimum Gasteiger partial charge on any atom is -0.360 e. The molecule has 1 aliphatic heterocycles. The first-order valence-electron chi connectivity index (χ1n) is 7.25. The molecule has 0 spiro atoms. The molecule has 1 atom stereocenters. The van der Waals surface area contributed by atoms with Gasteiger partial charge in [-0.3, -0.25) is 15.1 Å². The van der Waals surface area contributed by atoms with Gasteiger partial charge in [0.25, 0.3) is 5.69 Å². The van der Waals surface area contributed by atoms with E-state index in [1.165, 1.54) is 18.2 Å². The number of anilines is 1. The zero-order chi connectivity index (χ0) is 15.5. The lowest BCUT2D eigenvalue weighted by Gasteiger charge is -2.26. The third-order valence-corrected chi connectivity index (χ3v) is 4.02. The molecule has 2 aromatic rings. The van der Waals surface area contributed by atoms with Crippen LogP contribution in [-0.2, 0) is 6.42 Å². The Labute approximate surface area is 127 Å². The van der Waals surface area contributed by atoms with Crippen LogP contribution >= 0.6 is 0 Å². The van der Waals surface area contributed by atoms with E-state index >= 15 is 0 Å². The molecule has 0 bridgehead atoms. The Balaban J connectivity index is 1.92. The van der Waals surface area contributed by atoms with Gasteiger partial charge in [-0.15, -0.1) is 0 Å². The Bertz CT molecular complexity index is 678. The van der Waals surface area contributed by atoms with Gasteiger partial charge < -0.3 is 4.90 Å². The second-order valence-corrected chi connectivity index (χ2v) is 5.42. The van der Waals surface area contributed by atoms with Gasteiger partial charge in [-0.05, 0) is 37.0 Å². The van der Waals surface area contributed by atoms with Crippen molar-refractivity contribution in [1.82, 2.24) is 4.98 Å². The normalized spacial score (nSPS) is 17.7. The van der Waals surface area contributed by atoms with E-state index in [-0.39, 0.29) is 17.4 Å². The fraction of sp³-hybridized carbons (Fsp3) is 0.312. The van der Waals surface area contributed by atoms with Crippen LogP contribution in [0.3, 0.4) is 0 Å². The molecular weight excluding hydrogens is 285 g/mol. The van der Waals surface area contributed by atoms with Gasteiger partial charge in [0.05, 0.1) is 4.92 Å². The molecule has 0 saturated carbocycles. The van der Waals surface area contributed by atoms with Crippen LogP contribution in [0.25, 0.3) is 0 Å². The van der Waals surface area contributed by atoms with Crippen LogP contribution in [0.2, 0.25) is 0 Å². The van der Waals surface area contributed by atoms with E-state index in [2.05, 4.69) is 4.98 Å². The summed E-state index contributed by atoms with van der Waals surface area (Å²) in [5.41, 5.74) is 0.996. The first-order valence-corrected chi connectivity index (χ1v) is 7.25. The summed E-state index contributed by atoms with van der Waals surface area (Å²) in [6.45, 7) is 0.632. The van der Waals surface area contributed by atoms with Gasteiger partial charge in [0.15, 0.2) is 11.5 Å². The van der Waals surface area contributed by atoms with Gasteiger partial charge in [0.1, 0.15) is 0 Å². The second-order valence-electron chi connectivity index (χ2n) is 5.42. The maximum atomic E-state index is 14.2. The van der Waals surface area contributed by atoms with E-state index in [4.69, 9.17) is 0 Å². The lowest BCUT2D eigenvalue weighted by Crippen LogP contribution is -2.32. The van der Waals surface area contributed by atoms with Crippen molar-refractivity contribution in [1.29, 1.82) is 0 Å². The SMILES string of the molecule is O=[N+]([O-])c1cccc(F)c1N1CCCC1Cc1cccnc1. The predicted octanol–water partition coefficient (Wildman–Crippen LogP) is 3.34. The van der Waals surface area contributed by atoms with Gasteiger partial charge in [-0.25, -0.2) is 4.39 Å². The smallest absolute Gasteiger partial charge is 0.295 e. The number of nitro groups is 1. The minimum atomic E-state index is -0.535. The van der Waals surface area contributed by atoms with Crippen molar-refractivity contribution in [3.8, 4) is 0 Å². The van der Waals surface area contributed by atoms with Crippen LogP contribution in [-0.4, -0.2) is 22.5 Å². The lowest BCUT2D eigenvalue weighted by molar-refractivity contribution is -0.384. The molecule has 22 heavy (non-hydrogen) atoms. The number of halogens is 1. The molecule has 0 radical (unpaired) electrons. The Morgan fingerprint density at radius 2 is 2.23 bits per heavy atom. The maximum absolute atomic E-state index is 14.2. The average molecular weight is 301 g/mol. The summed E-state index contributed by atoms with van der Waals surface area (Å²) in [4.78, 5) is 16.6. The van der Waals surface area contributed by atoms with Crippen molar-refractivity contribution in [2.24, 2.45) is 0 Å². The number of para-hydroxylation sites is 1. The molecule has 2 heterocycles. The topological polar surface area (TPSA) is 59.3 Å². The molecule has 1 aliphatic rings. The fourth-order valence-corrected chi connectivity index (χ4v) is 3.07. The summed E-state index contributed by atoms with van der Waals surface area (Å²) >= 11 is 0. The Morgan fingerprint density at radius 1 is 1.36 bits per heavy atom. The van der Waals surface area contributed by atoms with E-state index in [9.17, 15) is 14.5 Å². The summed E-state index contributed by atoms with van der Waals surface area (Å²) in [5.74, 6) is -0.535. The number of nitro benzene ring substituents is 1. The number of hydrogen-bond acceptors (Lipinski definition) is 4. The molecule has 0 aliphatic carbocycles. The molecule has 0 amide bonds. The number of benzene rings is 1. The molecule has 1 fully saturated rings. The van der Waals surface area contributed by atoms with Gasteiger partial charge >= 0.3 is 0 Å². The lowest BCUT2D eigenvalue weighted by atomic mass is 10.0. The van der Waals surface area contributed by atoms with Gasteiger partial charge in [-0.2, -0.15) is 0 Å². The predicted molar refractivity (Wildman–Crippen MR) is 81.4 cm³/mol. The van der Waals surface area contributed by atoms with Gasteiger partial charge in [0.2, 0.25) is 0 Å². The number of aromatic nitrogens is 1. The average Bonchev–Trinajstić information content (AvgIpc) is 2.95. The quantitative estimate of drug-likeness (QED) is 0.642. The van der Waals surface area contributed by atoms with Crippen LogP contribution < -0.4 is 4.90 Å². The largest absolute Gasteiger partial charge is 0.360 e. The fourth-order valence-electron chi connectivity index (χ4n) is 3.07. The van der Waals surface area contributed by atoms with Crippen LogP contribution in [0.1, 0.15) is 18.4 Å². The van der Waals surface area contributed by atoms with Crippen molar-refractivity contribution in [2.75, 3.05) is 11.4 Å². The third kappa shape index (κ3) is 2.77. The molecule has 1 saturated heterocycles. The molecule has 0 N–H and O–H groups in total. The van der Waals surface area contributed by atoms with Crippen molar-refractivity contribution in [3.05, 3.63) is 64.2 Å². The molecule has 5 nitrogen and oxygen atoms in total. The van der Waals surface area contributed by atoms with Crippen molar-refractivity contribution in [2.45, 2.75) is 25.3 Å². The highest BCUT2D eigenvalue weighted by Crippen LogP contribution is 2.36. The third-order valence-electron chi connectivity index (χ3n) is 4.02. The molecular formula is C16H16FN3O2. The Hall–Kier alpha value is -2.50. The van der Waals surface area contributed by atoms with Crippen molar-refractivity contribution in [3.63, 3.8) is 0 Å². The standard InChI is InChI=1S/C16H16FN3O2/c17-14-6-1-7-15(20(21)22)16(14)19-9-3-5-13(19)10-12-4-2-8-18-11-12/h1-2,4,6-8,11,13H,3,5,9-10H2. The Kier molecular flexibility index (Phi) is 4.00. The highest BCUT2D eigenvalue weighted by molar-refractivity contribution is 5.65. The molecule has 6 heteroatoms. The Morgan fingerprint density at radius 3 is 2.95 bits per heavy atom. The van der Waals surface area contributed by atoms with Gasteiger partial charge in [0, 0.05) is 31.0 Å². The van der Waals surface area contributed by atoms with E-state index in [1.54, 1.807) is 12.4 Å². The number of nitrogens with zero attached hydrogens (tertiary/aromatic N) is 3. The van der Waals surface area contributed by atoms with Crippen LogP contribution in [0.5, 0.6) is 0 Å². The highest BCUT2D eigenvalue weighted by atomic mass is 19.1. The second kappa shape index (κ2) is 6.09. The maximum Gasteiger partial charge on any atom is 0.295 e. The zero-order valence-corrected chi connectivity index (χ0v) is 12.0. The molecule has 1 aromatic heterocycles. The highest BCUT2D eigenvalue weighted by Gasteiger charge is 2.32. The van der Waals surface area contributed by atoms with Crippen LogP contribution in [0.4, 0.5) is 15.8 Å². The van der Waals surface area contributed by atoms with Gasteiger partial charge in [-0.1, -0.05) is 12.1 Å². The summed E-state index contributed by atoms with van der Waals surface area (Å²) in [6, 6.07) is 7.90. The molecule has 1 aromatic carbocycles. The molecule has 3 rings (SSSR count). The summed E-state index contributed by atoms with van der Waals surface area (Å²) in [6.07, 6.45) is 5.99. The molecule has 1 unspecified atom stereocenters. The number of rotatable bonds is 4. The monoisotopic (exact) mass is 301 g/mol. The number of pyridine rings is 1. The summed E-state index contributed by atoms with van der Waals surface area (Å²) in [7, 11) is 0. The van der Waals surface area contributed by atoms with E-state index < -0.39 is 10.7 Å². The zero-order valence-electron chi connectivity index (χ0n) is 12.0. The summed E-state index contributed by atoms with van der Waals surface area (Å²) in [5, 5.41) is 11.2. The molecule has 114 valence electrons. The van der Waals surface area contributed by atoms with Crippen molar-refractivity contribution >= 4 is 11.4 Å². The van der Waals surface area contributed by atoms with E-state index in [1.807, 2.05) is 17.0 Å². The van der Waals surface area contributed by atoms with Crippen molar-refractivity contribution < 1.29 is 9.31 Å². The first-order chi connectivity index (χ1) is 10.7. The van der Waals surface area contributed by atoms with E-state index in [0.29, 0.717) is 13.0 Å². The first kappa shape index (κ1) is 14.4. The minimum absolute atomic E-state index is 0.0554. The van der Waals surface area contributed by atoms with Crippen LogP contribution in [0.15, 0.2) is 42.7 Å². The summed E-state index contributed by atoms with van der Waals surface area (Å²) < 4.78 is 14.2.